The predicted molar refractivity (Wildman–Crippen MR) is 108 cm³/mol. The zero-order valence-corrected chi connectivity index (χ0v) is 16.9. The number of anilines is 1. The van der Waals surface area contributed by atoms with E-state index in [9.17, 15) is 4.79 Å². The van der Waals surface area contributed by atoms with Crippen LogP contribution in [0.2, 0.25) is 0 Å². The summed E-state index contributed by atoms with van der Waals surface area (Å²) < 4.78 is 1.89. The molecule has 3 rings (SSSR count). The van der Waals surface area contributed by atoms with Gasteiger partial charge in [-0.2, -0.15) is 0 Å². The molecule has 1 aromatic carbocycles. The molecule has 1 saturated carbocycles. The van der Waals surface area contributed by atoms with E-state index in [1.165, 1.54) is 35.9 Å². The Hall–Kier alpha value is -2.09. The van der Waals surface area contributed by atoms with Crippen LogP contribution in [0.3, 0.4) is 0 Å². The highest BCUT2D eigenvalue weighted by Crippen LogP contribution is 2.31. The number of aryl methyl sites for hydroxylation is 1. The average molecular weight is 389 g/mol. The molecule has 1 amide bonds. The Morgan fingerprint density at radius 1 is 1.37 bits per heavy atom. The molecule has 146 valence electrons. The van der Waals surface area contributed by atoms with Gasteiger partial charge in [-0.15, -0.1) is 5.10 Å². The lowest BCUT2D eigenvalue weighted by Gasteiger charge is -2.23. The molecule has 1 N–H and O–H groups in total. The van der Waals surface area contributed by atoms with Gasteiger partial charge >= 0.3 is 0 Å². The third-order valence-corrected chi connectivity index (χ3v) is 5.85. The van der Waals surface area contributed by atoms with E-state index in [-0.39, 0.29) is 5.91 Å². The van der Waals surface area contributed by atoms with Gasteiger partial charge in [0, 0.05) is 25.3 Å². The molecular formula is C19H28N6OS. The summed E-state index contributed by atoms with van der Waals surface area (Å²) in [5.41, 5.74) is 2.43. The Bertz CT molecular complexity index is 743. The van der Waals surface area contributed by atoms with Crippen molar-refractivity contribution in [3.05, 3.63) is 29.8 Å². The van der Waals surface area contributed by atoms with E-state index >= 15 is 0 Å². The summed E-state index contributed by atoms with van der Waals surface area (Å²) in [5.74, 6) is 0.352. The van der Waals surface area contributed by atoms with Crippen LogP contribution in [0.25, 0.3) is 0 Å². The smallest absolute Gasteiger partial charge is 0.230 e. The van der Waals surface area contributed by atoms with Crippen molar-refractivity contribution in [2.45, 2.75) is 50.7 Å². The molecule has 1 aliphatic carbocycles. The molecule has 0 spiro atoms. The minimum absolute atomic E-state index is 0.0151. The molecule has 1 aliphatic rings. The fourth-order valence-corrected chi connectivity index (χ4v) is 4.24. The third-order valence-electron chi connectivity index (χ3n) is 4.92. The zero-order chi connectivity index (χ0) is 19.1. The van der Waals surface area contributed by atoms with E-state index in [1.54, 1.807) is 0 Å². The summed E-state index contributed by atoms with van der Waals surface area (Å²) in [7, 11) is 0. The van der Waals surface area contributed by atoms with Crippen LogP contribution in [0.5, 0.6) is 0 Å². The first-order valence-corrected chi connectivity index (χ1v) is 10.6. The van der Waals surface area contributed by atoms with Crippen molar-refractivity contribution in [1.29, 1.82) is 0 Å². The summed E-state index contributed by atoms with van der Waals surface area (Å²) in [5, 5.41) is 15.7. The zero-order valence-electron chi connectivity index (χ0n) is 16.1. The van der Waals surface area contributed by atoms with Gasteiger partial charge in [-0.3, -0.25) is 4.79 Å². The quantitative estimate of drug-likeness (QED) is 0.666. The number of thioether (sulfide) groups is 1. The Kier molecular flexibility index (Phi) is 7.09. The standard InChI is InChI=1S/C19H28N6OS/c1-3-24(17-10-6-7-15(2)13-17)12-11-20-18(26)14-27-19-21-22-23-25(19)16-8-4-5-9-16/h6-7,10,13,16H,3-5,8-9,11-12,14H2,1-2H3,(H,20,26). The van der Waals surface area contributed by atoms with Crippen LogP contribution in [0.1, 0.15) is 44.2 Å². The van der Waals surface area contributed by atoms with Crippen LogP contribution in [-0.4, -0.2) is 51.5 Å². The molecule has 1 heterocycles. The van der Waals surface area contributed by atoms with Crippen LogP contribution < -0.4 is 10.2 Å². The maximum Gasteiger partial charge on any atom is 0.230 e. The highest BCUT2D eigenvalue weighted by Gasteiger charge is 2.22. The van der Waals surface area contributed by atoms with Crippen molar-refractivity contribution in [2.75, 3.05) is 30.3 Å². The SMILES string of the molecule is CCN(CCNC(=O)CSc1nnnn1C1CCCC1)c1cccc(C)c1. The monoisotopic (exact) mass is 388 g/mol. The molecule has 0 saturated heterocycles. The van der Waals surface area contributed by atoms with Gasteiger partial charge in [0.05, 0.1) is 11.8 Å². The summed E-state index contributed by atoms with van der Waals surface area (Å²) in [4.78, 5) is 14.5. The second kappa shape index (κ2) is 9.73. The number of likely N-dealkylation sites (N-methyl/N-ethyl adjacent to an activating group) is 1. The Morgan fingerprint density at radius 3 is 2.93 bits per heavy atom. The normalized spacial score (nSPS) is 14.4. The van der Waals surface area contributed by atoms with E-state index < -0.39 is 0 Å². The highest BCUT2D eigenvalue weighted by atomic mass is 32.2. The minimum Gasteiger partial charge on any atom is -0.370 e. The van der Waals surface area contributed by atoms with Gasteiger partial charge < -0.3 is 10.2 Å². The van der Waals surface area contributed by atoms with Gasteiger partial charge in [0.25, 0.3) is 0 Å². The third kappa shape index (κ3) is 5.45. The number of nitrogens with one attached hydrogen (secondary N) is 1. The molecule has 27 heavy (non-hydrogen) atoms. The van der Waals surface area contributed by atoms with E-state index in [1.807, 2.05) is 4.68 Å². The summed E-state index contributed by atoms with van der Waals surface area (Å²) in [6.07, 6.45) is 4.70. The molecule has 0 bridgehead atoms. The van der Waals surface area contributed by atoms with E-state index in [4.69, 9.17) is 0 Å². The lowest BCUT2D eigenvalue weighted by atomic mass is 10.2. The number of carbonyl (C=O) groups is 1. The van der Waals surface area contributed by atoms with Gasteiger partial charge in [0.1, 0.15) is 0 Å². The molecule has 0 atom stereocenters. The molecule has 1 fully saturated rings. The number of benzene rings is 1. The van der Waals surface area contributed by atoms with Crippen LogP contribution in [-0.2, 0) is 4.79 Å². The molecule has 0 aliphatic heterocycles. The largest absolute Gasteiger partial charge is 0.370 e. The molecule has 0 radical (unpaired) electrons. The lowest BCUT2D eigenvalue weighted by molar-refractivity contribution is -0.118. The number of tetrazole rings is 1. The summed E-state index contributed by atoms with van der Waals surface area (Å²) in [6, 6.07) is 8.83. The van der Waals surface area contributed by atoms with Gasteiger partial charge in [0.2, 0.25) is 11.1 Å². The van der Waals surface area contributed by atoms with E-state index in [0.29, 0.717) is 18.3 Å². The number of carbonyl (C=O) groups excluding carboxylic acids is 1. The highest BCUT2D eigenvalue weighted by molar-refractivity contribution is 7.99. The van der Waals surface area contributed by atoms with Crippen molar-refractivity contribution >= 4 is 23.4 Å². The Morgan fingerprint density at radius 2 is 2.19 bits per heavy atom. The van der Waals surface area contributed by atoms with Crippen molar-refractivity contribution < 1.29 is 4.79 Å². The molecule has 8 heteroatoms. The topological polar surface area (TPSA) is 75.9 Å². The maximum atomic E-state index is 12.2. The average Bonchev–Trinajstić information content (AvgIpc) is 3.34. The maximum absolute atomic E-state index is 12.2. The molecule has 1 aromatic heterocycles. The van der Waals surface area contributed by atoms with Crippen LogP contribution >= 0.6 is 11.8 Å². The van der Waals surface area contributed by atoms with Crippen molar-refractivity contribution in [1.82, 2.24) is 25.5 Å². The van der Waals surface area contributed by atoms with Gasteiger partial charge in [0.15, 0.2) is 0 Å². The van der Waals surface area contributed by atoms with E-state index in [0.717, 1.165) is 31.1 Å². The first-order chi connectivity index (χ1) is 13.2. The molecule has 2 aromatic rings. The van der Waals surface area contributed by atoms with Gasteiger partial charge in [-0.25, -0.2) is 4.68 Å². The number of nitrogens with zero attached hydrogens (tertiary/aromatic N) is 5. The van der Waals surface area contributed by atoms with E-state index in [2.05, 4.69) is 63.9 Å². The first kappa shape index (κ1) is 19.7. The van der Waals surface area contributed by atoms with Crippen molar-refractivity contribution in [2.24, 2.45) is 0 Å². The number of hydrogen-bond donors (Lipinski definition) is 1. The van der Waals surface area contributed by atoms with Crippen molar-refractivity contribution in [3.8, 4) is 0 Å². The fraction of sp³-hybridized carbons (Fsp3) is 0.579. The first-order valence-electron chi connectivity index (χ1n) is 9.66. The summed E-state index contributed by atoms with van der Waals surface area (Å²) >= 11 is 1.41. The number of hydrogen-bond acceptors (Lipinski definition) is 6. The predicted octanol–water partition coefficient (Wildman–Crippen LogP) is 2.83. The van der Waals surface area contributed by atoms with Crippen LogP contribution in [0.4, 0.5) is 5.69 Å². The number of aromatic nitrogens is 4. The van der Waals surface area contributed by atoms with Gasteiger partial charge in [-0.1, -0.05) is 36.7 Å². The number of amides is 1. The molecule has 0 unspecified atom stereocenters. The van der Waals surface area contributed by atoms with Crippen molar-refractivity contribution in [3.63, 3.8) is 0 Å². The van der Waals surface area contributed by atoms with Gasteiger partial charge in [-0.05, 0) is 54.8 Å². The second-order valence-corrected chi connectivity index (χ2v) is 7.84. The Labute approximate surface area is 164 Å². The lowest BCUT2D eigenvalue weighted by Crippen LogP contribution is -2.35. The minimum atomic E-state index is 0.0151. The molecule has 7 nitrogen and oxygen atoms in total. The van der Waals surface area contributed by atoms with Crippen LogP contribution in [0.15, 0.2) is 29.4 Å². The number of rotatable bonds is 9. The second-order valence-electron chi connectivity index (χ2n) is 6.90. The molecular weight excluding hydrogens is 360 g/mol. The van der Waals surface area contributed by atoms with Crippen LogP contribution in [0, 0.1) is 6.92 Å². The summed E-state index contributed by atoms with van der Waals surface area (Å²) in [6.45, 7) is 6.54. The fourth-order valence-electron chi connectivity index (χ4n) is 3.46. The Balaban J connectivity index is 1.43.